The number of rotatable bonds is 2. The molecule has 23 heavy (non-hydrogen) atoms. The summed E-state index contributed by atoms with van der Waals surface area (Å²) in [6.07, 6.45) is -0.880. The molecule has 0 aliphatic carbocycles. The lowest BCUT2D eigenvalue weighted by atomic mass is 9.92. The van der Waals surface area contributed by atoms with Gasteiger partial charge in [-0.25, -0.2) is 0 Å². The van der Waals surface area contributed by atoms with Crippen LogP contribution in [0, 0.1) is 5.92 Å². The quantitative estimate of drug-likeness (QED) is 0.827. The Hall–Kier alpha value is -1.56. The lowest BCUT2D eigenvalue weighted by Gasteiger charge is -2.37. The molecule has 3 nitrogen and oxygen atoms in total. The molecule has 3 rings (SSSR count). The smallest absolute Gasteiger partial charge is 0.381 e. The number of halogens is 3. The molecule has 1 amide bonds. The van der Waals surface area contributed by atoms with E-state index in [0.29, 0.717) is 19.8 Å². The molecule has 2 atom stereocenters. The second-order valence-electron chi connectivity index (χ2n) is 6.22. The molecule has 0 spiro atoms. The Bertz CT molecular complexity index is 550. The zero-order valence-electron chi connectivity index (χ0n) is 12.8. The molecule has 2 aliphatic heterocycles. The van der Waals surface area contributed by atoms with Crippen molar-refractivity contribution in [2.45, 2.75) is 37.9 Å². The zero-order valence-corrected chi connectivity index (χ0v) is 12.8. The Morgan fingerprint density at radius 2 is 1.87 bits per heavy atom. The average molecular weight is 327 g/mol. The first-order valence-corrected chi connectivity index (χ1v) is 8.02. The van der Waals surface area contributed by atoms with Crippen LogP contribution in [0.15, 0.2) is 24.3 Å². The second kappa shape index (κ2) is 6.51. The molecular weight excluding hydrogens is 307 g/mol. The van der Waals surface area contributed by atoms with Gasteiger partial charge in [0.05, 0.1) is 24.1 Å². The summed E-state index contributed by atoms with van der Waals surface area (Å²) in [5, 5.41) is 0. The van der Waals surface area contributed by atoms with Gasteiger partial charge in [0.25, 0.3) is 0 Å². The van der Waals surface area contributed by atoms with Crippen molar-refractivity contribution in [3.63, 3.8) is 0 Å². The molecule has 2 aliphatic rings. The maximum Gasteiger partial charge on any atom is 0.416 e. The van der Waals surface area contributed by atoms with Crippen LogP contribution in [0.2, 0.25) is 0 Å². The minimum Gasteiger partial charge on any atom is -0.381 e. The maximum atomic E-state index is 12.7. The number of nitrogens with zero attached hydrogens (tertiary/aromatic N) is 1. The van der Waals surface area contributed by atoms with Crippen molar-refractivity contribution in [2.75, 3.05) is 19.8 Å². The molecule has 0 N–H and O–H groups in total. The van der Waals surface area contributed by atoms with Gasteiger partial charge in [0.1, 0.15) is 0 Å². The largest absolute Gasteiger partial charge is 0.416 e. The fraction of sp³-hybridized carbons (Fsp3) is 0.588. The maximum absolute atomic E-state index is 12.7. The number of amides is 1. The van der Waals surface area contributed by atoms with Gasteiger partial charge in [0, 0.05) is 13.2 Å². The van der Waals surface area contributed by atoms with Crippen LogP contribution in [0.25, 0.3) is 0 Å². The summed E-state index contributed by atoms with van der Waals surface area (Å²) >= 11 is 0. The van der Waals surface area contributed by atoms with Gasteiger partial charge in [0.15, 0.2) is 0 Å². The molecule has 0 aromatic heterocycles. The number of hydrogen-bond acceptors (Lipinski definition) is 2. The number of carbonyl (C=O) groups is 1. The molecule has 0 saturated carbocycles. The summed E-state index contributed by atoms with van der Waals surface area (Å²) < 4.78 is 43.4. The molecule has 0 bridgehead atoms. The van der Waals surface area contributed by atoms with Crippen molar-refractivity contribution in [3.05, 3.63) is 35.4 Å². The Labute approximate surface area is 133 Å². The van der Waals surface area contributed by atoms with Crippen LogP contribution >= 0.6 is 0 Å². The average Bonchev–Trinajstić information content (AvgIpc) is 3.08. The number of piperidine rings is 1. The normalized spacial score (nSPS) is 25.6. The number of alkyl halides is 3. The fourth-order valence-corrected chi connectivity index (χ4v) is 3.40. The zero-order chi connectivity index (χ0) is 16.4. The highest BCUT2D eigenvalue weighted by molar-refractivity contribution is 5.79. The third-order valence-corrected chi connectivity index (χ3v) is 4.69. The summed E-state index contributed by atoms with van der Waals surface area (Å²) in [7, 11) is 0. The van der Waals surface area contributed by atoms with Gasteiger partial charge in [-0.3, -0.25) is 4.79 Å². The first-order valence-electron chi connectivity index (χ1n) is 8.02. The van der Waals surface area contributed by atoms with Crippen molar-refractivity contribution in [1.29, 1.82) is 0 Å². The van der Waals surface area contributed by atoms with Crippen LogP contribution in [0.1, 0.15) is 42.9 Å². The van der Waals surface area contributed by atoms with Gasteiger partial charge in [-0.15, -0.1) is 0 Å². The molecule has 2 unspecified atom stereocenters. The highest BCUT2D eigenvalue weighted by atomic mass is 19.4. The van der Waals surface area contributed by atoms with E-state index in [2.05, 4.69) is 0 Å². The Morgan fingerprint density at radius 3 is 2.48 bits per heavy atom. The number of hydrogen-bond donors (Lipinski definition) is 0. The monoisotopic (exact) mass is 327 g/mol. The van der Waals surface area contributed by atoms with Crippen molar-refractivity contribution in [1.82, 2.24) is 4.90 Å². The number of carbonyl (C=O) groups excluding carboxylic acids is 1. The van der Waals surface area contributed by atoms with Crippen molar-refractivity contribution in [3.8, 4) is 0 Å². The molecular formula is C17H20F3NO2. The van der Waals surface area contributed by atoms with Crippen LogP contribution in [0.5, 0.6) is 0 Å². The topological polar surface area (TPSA) is 29.5 Å². The van der Waals surface area contributed by atoms with Crippen LogP contribution in [0.3, 0.4) is 0 Å². The van der Waals surface area contributed by atoms with Crippen LogP contribution in [-0.4, -0.2) is 30.6 Å². The predicted molar refractivity (Wildman–Crippen MR) is 78.7 cm³/mol. The lowest BCUT2D eigenvalue weighted by Crippen LogP contribution is -2.42. The molecule has 2 heterocycles. The summed E-state index contributed by atoms with van der Waals surface area (Å²) in [6.45, 7) is 1.73. The van der Waals surface area contributed by atoms with Gasteiger partial charge in [0.2, 0.25) is 5.91 Å². The van der Waals surface area contributed by atoms with E-state index in [1.807, 2.05) is 4.90 Å². The Kier molecular flexibility index (Phi) is 4.62. The van der Waals surface area contributed by atoms with E-state index in [0.717, 1.165) is 43.4 Å². The van der Waals surface area contributed by atoms with E-state index in [1.54, 1.807) is 0 Å². The van der Waals surface area contributed by atoms with Gasteiger partial charge < -0.3 is 9.64 Å². The van der Waals surface area contributed by atoms with E-state index in [4.69, 9.17) is 4.74 Å². The minimum absolute atomic E-state index is 0.0760. The highest BCUT2D eigenvalue weighted by Gasteiger charge is 2.35. The van der Waals surface area contributed by atoms with Gasteiger partial charge >= 0.3 is 6.18 Å². The number of ether oxygens (including phenoxy) is 1. The molecule has 1 aromatic carbocycles. The van der Waals surface area contributed by atoms with E-state index in [1.165, 1.54) is 12.1 Å². The molecule has 126 valence electrons. The number of benzene rings is 1. The van der Waals surface area contributed by atoms with E-state index < -0.39 is 11.7 Å². The number of likely N-dealkylation sites (tertiary alicyclic amines) is 1. The van der Waals surface area contributed by atoms with Crippen LogP contribution in [-0.2, 0) is 15.7 Å². The SMILES string of the molecule is O=C(C1CCOC1)N1CCCCC1c1ccc(C(F)(F)F)cc1. The van der Waals surface area contributed by atoms with E-state index in [-0.39, 0.29) is 17.9 Å². The Morgan fingerprint density at radius 1 is 1.13 bits per heavy atom. The molecule has 0 radical (unpaired) electrons. The fourth-order valence-electron chi connectivity index (χ4n) is 3.40. The molecule has 2 fully saturated rings. The van der Waals surface area contributed by atoms with Gasteiger partial charge in [-0.1, -0.05) is 12.1 Å². The van der Waals surface area contributed by atoms with Gasteiger partial charge in [-0.05, 0) is 43.4 Å². The van der Waals surface area contributed by atoms with E-state index >= 15 is 0 Å². The summed E-state index contributed by atoms with van der Waals surface area (Å²) in [4.78, 5) is 14.5. The lowest BCUT2D eigenvalue weighted by molar-refractivity contribution is -0.140. The van der Waals surface area contributed by atoms with Crippen molar-refractivity contribution in [2.24, 2.45) is 5.92 Å². The standard InChI is InChI=1S/C17H20F3NO2/c18-17(19,20)14-6-4-12(5-7-14)15-3-1-2-9-21(15)16(22)13-8-10-23-11-13/h4-7,13,15H,1-3,8-11H2. The van der Waals surface area contributed by atoms with Gasteiger partial charge in [-0.2, -0.15) is 13.2 Å². The third kappa shape index (κ3) is 3.52. The molecule has 2 saturated heterocycles. The van der Waals surface area contributed by atoms with Crippen LogP contribution in [0.4, 0.5) is 13.2 Å². The third-order valence-electron chi connectivity index (χ3n) is 4.69. The predicted octanol–water partition coefficient (Wildman–Crippen LogP) is 3.80. The highest BCUT2D eigenvalue weighted by Crippen LogP contribution is 2.35. The van der Waals surface area contributed by atoms with E-state index in [9.17, 15) is 18.0 Å². The summed E-state index contributed by atoms with van der Waals surface area (Å²) in [5.74, 6) is -0.0304. The Balaban J connectivity index is 1.79. The second-order valence-corrected chi connectivity index (χ2v) is 6.22. The van der Waals surface area contributed by atoms with Crippen molar-refractivity contribution >= 4 is 5.91 Å². The first-order chi connectivity index (χ1) is 11.0. The van der Waals surface area contributed by atoms with Crippen molar-refractivity contribution < 1.29 is 22.7 Å². The molecule has 6 heteroatoms. The minimum atomic E-state index is -4.33. The van der Waals surface area contributed by atoms with Crippen LogP contribution < -0.4 is 0 Å². The summed E-state index contributed by atoms with van der Waals surface area (Å²) in [6, 6.07) is 5.09. The molecule has 1 aromatic rings. The first kappa shape index (κ1) is 16.3. The summed E-state index contributed by atoms with van der Waals surface area (Å²) in [5.41, 5.74) is 0.129.